The van der Waals surface area contributed by atoms with E-state index in [1.807, 2.05) is 0 Å². The summed E-state index contributed by atoms with van der Waals surface area (Å²) in [7, 11) is 0. The molecule has 0 aliphatic carbocycles. The van der Waals surface area contributed by atoms with Gasteiger partial charge >= 0.3 is 0 Å². The molecule has 8 nitrogen and oxygen atoms in total. The van der Waals surface area contributed by atoms with Gasteiger partial charge < -0.3 is 4.90 Å². The SMILES string of the molecule is O=CC1(F)CN(c2ccc3c(c2)C(=O)N(C2CCC(=O)NC2=O)C3=O)C1. The minimum Gasteiger partial charge on any atom is -0.364 e. The molecule has 2 fully saturated rings. The van der Waals surface area contributed by atoms with Crippen molar-refractivity contribution in [2.24, 2.45) is 0 Å². The Morgan fingerprint density at radius 1 is 1.12 bits per heavy atom. The largest absolute Gasteiger partial charge is 0.364 e. The first-order valence-electron chi connectivity index (χ1n) is 8.09. The lowest BCUT2D eigenvalue weighted by atomic mass is 9.96. The highest BCUT2D eigenvalue weighted by Crippen LogP contribution is 2.34. The van der Waals surface area contributed by atoms with Crippen molar-refractivity contribution >= 4 is 35.6 Å². The number of hydrogen-bond donors (Lipinski definition) is 1. The van der Waals surface area contributed by atoms with Crippen molar-refractivity contribution in [3.05, 3.63) is 29.3 Å². The van der Waals surface area contributed by atoms with Crippen molar-refractivity contribution in [3.8, 4) is 0 Å². The van der Waals surface area contributed by atoms with Gasteiger partial charge in [0.2, 0.25) is 11.8 Å². The zero-order chi connectivity index (χ0) is 18.6. The monoisotopic (exact) mass is 359 g/mol. The van der Waals surface area contributed by atoms with Crippen LogP contribution in [0.3, 0.4) is 0 Å². The summed E-state index contributed by atoms with van der Waals surface area (Å²) in [6, 6.07) is 3.46. The van der Waals surface area contributed by atoms with Gasteiger partial charge in [0.05, 0.1) is 24.2 Å². The smallest absolute Gasteiger partial charge is 0.262 e. The first kappa shape index (κ1) is 16.4. The van der Waals surface area contributed by atoms with Gasteiger partial charge in [-0.25, -0.2) is 4.39 Å². The van der Waals surface area contributed by atoms with Gasteiger partial charge in [-0.15, -0.1) is 0 Å². The Hall–Kier alpha value is -3.10. The molecular weight excluding hydrogens is 345 g/mol. The molecule has 3 aliphatic heterocycles. The Bertz CT molecular complexity index is 877. The minimum atomic E-state index is -1.89. The van der Waals surface area contributed by atoms with Crippen molar-refractivity contribution in [1.29, 1.82) is 0 Å². The molecule has 4 amide bonds. The highest BCUT2D eigenvalue weighted by atomic mass is 19.1. The van der Waals surface area contributed by atoms with Gasteiger partial charge in [-0.3, -0.25) is 34.2 Å². The molecule has 0 bridgehead atoms. The van der Waals surface area contributed by atoms with Gasteiger partial charge in [0.25, 0.3) is 11.8 Å². The number of carbonyl (C=O) groups is 5. The highest BCUT2D eigenvalue weighted by Gasteiger charge is 2.46. The van der Waals surface area contributed by atoms with Crippen LogP contribution in [-0.4, -0.2) is 59.6 Å². The van der Waals surface area contributed by atoms with Crippen LogP contribution in [0.15, 0.2) is 18.2 Å². The Labute approximate surface area is 146 Å². The van der Waals surface area contributed by atoms with E-state index >= 15 is 0 Å². The van der Waals surface area contributed by atoms with Crippen LogP contribution in [-0.2, 0) is 14.4 Å². The molecule has 3 heterocycles. The number of amides is 4. The predicted octanol–water partition coefficient (Wildman–Crippen LogP) is -0.185. The summed E-state index contributed by atoms with van der Waals surface area (Å²) in [5.41, 5.74) is -1.09. The second-order valence-electron chi connectivity index (χ2n) is 6.69. The molecule has 0 radical (unpaired) electrons. The van der Waals surface area contributed by atoms with E-state index in [4.69, 9.17) is 0 Å². The number of carbonyl (C=O) groups excluding carboxylic acids is 5. The van der Waals surface area contributed by atoms with Crippen LogP contribution in [0, 0.1) is 0 Å². The third kappa shape index (κ3) is 2.31. The van der Waals surface area contributed by atoms with Crippen LogP contribution >= 0.6 is 0 Å². The molecule has 2 saturated heterocycles. The van der Waals surface area contributed by atoms with Gasteiger partial charge in [-0.05, 0) is 24.6 Å². The standard InChI is InChI=1S/C17H14FN3O5/c18-17(8-22)6-20(7-17)9-1-2-10-11(5-9)16(26)21(15(10)25)12-3-4-13(23)19-14(12)24/h1-2,5,8,12H,3-4,6-7H2,(H,19,23,24). The quantitative estimate of drug-likeness (QED) is 0.593. The van der Waals surface area contributed by atoms with Crippen LogP contribution < -0.4 is 10.2 Å². The maximum Gasteiger partial charge on any atom is 0.262 e. The number of nitrogens with zero attached hydrogens (tertiary/aromatic N) is 2. The molecule has 0 spiro atoms. The number of piperidine rings is 1. The summed E-state index contributed by atoms with van der Waals surface area (Å²) in [4.78, 5) is 61.7. The predicted molar refractivity (Wildman–Crippen MR) is 85.2 cm³/mol. The third-order valence-corrected chi connectivity index (χ3v) is 4.91. The number of benzene rings is 1. The topological polar surface area (TPSA) is 104 Å². The number of rotatable bonds is 3. The lowest BCUT2D eigenvalue weighted by Crippen LogP contribution is -2.60. The van der Waals surface area contributed by atoms with Crippen LogP contribution in [0.1, 0.15) is 33.6 Å². The maximum absolute atomic E-state index is 13.8. The molecule has 1 aromatic rings. The van der Waals surface area contributed by atoms with E-state index in [1.165, 1.54) is 12.1 Å². The molecule has 134 valence electrons. The summed E-state index contributed by atoms with van der Waals surface area (Å²) < 4.78 is 13.8. The van der Waals surface area contributed by atoms with E-state index < -0.39 is 35.3 Å². The molecule has 26 heavy (non-hydrogen) atoms. The number of anilines is 1. The number of nitrogens with one attached hydrogen (secondary N) is 1. The summed E-state index contributed by atoms with van der Waals surface area (Å²) in [5.74, 6) is -2.33. The van der Waals surface area contributed by atoms with Crippen LogP contribution in [0.2, 0.25) is 0 Å². The van der Waals surface area contributed by atoms with Crippen molar-refractivity contribution in [2.75, 3.05) is 18.0 Å². The molecule has 1 N–H and O–H groups in total. The number of aldehydes is 1. The zero-order valence-corrected chi connectivity index (χ0v) is 13.5. The maximum atomic E-state index is 13.8. The van der Waals surface area contributed by atoms with Crippen LogP contribution in [0.5, 0.6) is 0 Å². The zero-order valence-electron chi connectivity index (χ0n) is 13.5. The average Bonchev–Trinajstić information content (AvgIpc) is 2.83. The molecule has 0 saturated carbocycles. The molecular formula is C17H14FN3O5. The Balaban J connectivity index is 1.60. The fourth-order valence-electron chi connectivity index (χ4n) is 3.50. The van der Waals surface area contributed by atoms with Crippen LogP contribution in [0.4, 0.5) is 10.1 Å². The average molecular weight is 359 g/mol. The van der Waals surface area contributed by atoms with Gasteiger partial charge in [-0.2, -0.15) is 0 Å². The first-order valence-corrected chi connectivity index (χ1v) is 8.09. The summed E-state index contributed by atoms with van der Waals surface area (Å²) in [6.45, 7) is -0.234. The van der Waals surface area contributed by atoms with Crippen molar-refractivity contribution in [2.45, 2.75) is 24.6 Å². The molecule has 0 aromatic heterocycles. The van der Waals surface area contributed by atoms with E-state index in [9.17, 15) is 28.4 Å². The summed E-state index contributed by atoms with van der Waals surface area (Å²) >= 11 is 0. The van der Waals surface area contributed by atoms with Gasteiger partial charge in [0.15, 0.2) is 12.0 Å². The molecule has 1 atom stereocenters. The van der Waals surface area contributed by atoms with E-state index in [-0.39, 0.29) is 43.3 Å². The lowest BCUT2D eigenvalue weighted by molar-refractivity contribution is -0.136. The number of fused-ring (bicyclic) bond motifs is 1. The molecule has 9 heteroatoms. The van der Waals surface area contributed by atoms with E-state index in [0.717, 1.165) is 4.90 Å². The Morgan fingerprint density at radius 3 is 2.46 bits per heavy atom. The fraction of sp³-hybridized carbons (Fsp3) is 0.353. The summed E-state index contributed by atoms with van der Waals surface area (Å²) in [6.07, 6.45) is 0.391. The van der Waals surface area contributed by atoms with E-state index in [2.05, 4.69) is 5.32 Å². The molecule has 1 unspecified atom stereocenters. The van der Waals surface area contributed by atoms with Crippen LogP contribution in [0.25, 0.3) is 0 Å². The van der Waals surface area contributed by atoms with E-state index in [0.29, 0.717) is 5.69 Å². The number of hydrogen-bond acceptors (Lipinski definition) is 6. The second-order valence-corrected chi connectivity index (χ2v) is 6.69. The number of alkyl halides is 1. The van der Waals surface area contributed by atoms with Gasteiger partial charge in [-0.1, -0.05) is 0 Å². The van der Waals surface area contributed by atoms with Crippen molar-refractivity contribution in [1.82, 2.24) is 10.2 Å². The normalized spacial score (nSPS) is 24.3. The molecule has 4 rings (SSSR count). The van der Waals surface area contributed by atoms with Gasteiger partial charge in [0.1, 0.15) is 6.04 Å². The molecule has 1 aromatic carbocycles. The minimum absolute atomic E-state index is 0.0487. The van der Waals surface area contributed by atoms with Crippen molar-refractivity contribution in [3.63, 3.8) is 0 Å². The van der Waals surface area contributed by atoms with Crippen molar-refractivity contribution < 1.29 is 28.4 Å². The van der Waals surface area contributed by atoms with Gasteiger partial charge in [0, 0.05) is 12.1 Å². The Morgan fingerprint density at radius 2 is 1.81 bits per heavy atom. The Kier molecular flexibility index (Phi) is 3.43. The van der Waals surface area contributed by atoms with E-state index in [1.54, 1.807) is 11.0 Å². The summed E-state index contributed by atoms with van der Waals surface area (Å²) in [5, 5.41) is 2.13. The highest BCUT2D eigenvalue weighted by molar-refractivity contribution is 6.23. The first-order chi connectivity index (χ1) is 12.3. The number of imide groups is 2. The number of halogens is 1. The third-order valence-electron chi connectivity index (χ3n) is 4.91. The molecule has 3 aliphatic rings. The fourth-order valence-corrected chi connectivity index (χ4v) is 3.50. The second kappa shape index (κ2) is 5.45. The lowest BCUT2D eigenvalue weighted by Gasteiger charge is -2.42.